The summed E-state index contributed by atoms with van der Waals surface area (Å²) in [6.45, 7) is 2.36. The second-order valence-corrected chi connectivity index (χ2v) is 4.56. The molecule has 0 bridgehead atoms. The molecule has 1 aromatic carbocycles. The van der Waals surface area contributed by atoms with Crippen LogP contribution in [0.15, 0.2) is 18.2 Å². The van der Waals surface area contributed by atoms with Gasteiger partial charge in [0.2, 0.25) is 0 Å². The molecular weight excluding hydrogens is 282 g/mol. The number of benzene rings is 1. The Balaban J connectivity index is 2.72. The fraction of sp³-hybridized carbons (Fsp3) is 0.429. The van der Waals surface area contributed by atoms with Gasteiger partial charge in [-0.05, 0) is 25.1 Å². The van der Waals surface area contributed by atoms with Gasteiger partial charge in [0.25, 0.3) is 5.91 Å². The van der Waals surface area contributed by atoms with E-state index < -0.39 is 0 Å². The molecule has 1 aromatic rings. The molecule has 110 valence electrons. The molecule has 0 aliphatic carbocycles. The Morgan fingerprint density at radius 2 is 2.05 bits per heavy atom. The molecule has 0 heterocycles. The zero-order valence-corrected chi connectivity index (χ0v) is 12.6. The maximum atomic E-state index is 12.3. The smallest absolute Gasteiger partial charge is 0.307 e. The van der Waals surface area contributed by atoms with Gasteiger partial charge in [-0.2, -0.15) is 0 Å². The molecule has 0 atom stereocenters. The maximum absolute atomic E-state index is 12.3. The molecule has 0 aliphatic heterocycles. The first kappa shape index (κ1) is 16.3. The number of hydrogen-bond donors (Lipinski definition) is 0. The minimum atomic E-state index is -0.324. The van der Waals surface area contributed by atoms with E-state index in [1.807, 2.05) is 0 Å². The molecular formula is C14H18ClNO4. The Bertz CT molecular complexity index is 490. The molecule has 0 spiro atoms. The van der Waals surface area contributed by atoms with Crippen molar-refractivity contribution < 1.29 is 19.1 Å². The fourth-order valence-corrected chi connectivity index (χ4v) is 1.80. The number of carbonyl (C=O) groups excluding carboxylic acids is 2. The lowest BCUT2D eigenvalue weighted by Gasteiger charge is -2.18. The average molecular weight is 300 g/mol. The van der Waals surface area contributed by atoms with E-state index in [0.717, 1.165) is 0 Å². The highest BCUT2D eigenvalue weighted by Gasteiger charge is 2.17. The van der Waals surface area contributed by atoms with Gasteiger partial charge in [-0.3, -0.25) is 9.59 Å². The molecule has 0 saturated heterocycles. The third kappa shape index (κ3) is 4.42. The van der Waals surface area contributed by atoms with Gasteiger partial charge < -0.3 is 14.4 Å². The number of esters is 1. The van der Waals surface area contributed by atoms with E-state index in [-0.39, 0.29) is 24.8 Å². The summed E-state index contributed by atoms with van der Waals surface area (Å²) >= 11 is 5.85. The molecule has 0 aliphatic rings. The van der Waals surface area contributed by atoms with Crippen LogP contribution in [0.5, 0.6) is 5.75 Å². The van der Waals surface area contributed by atoms with Crippen LogP contribution in [-0.4, -0.2) is 44.1 Å². The quantitative estimate of drug-likeness (QED) is 0.757. The number of halogens is 1. The van der Waals surface area contributed by atoms with Crippen molar-refractivity contribution in [1.82, 2.24) is 4.90 Å². The Morgan fingerprint density at radius 1 is 1.35 bits per heavy atom. The predicted octanol–water partition coefficient (Wildman–Crippen LogP) is 2.37. The Morgan fingerprint density at radius 3 is 2.65 bits per heavy atom. The topological polar surface area (TPSA) is 55.8 Å². The average Bonchev–Trinajstić information content (AvgIpc) is 2.44. The lowest BCUT2D eigenvalue weighted by Crippen LogP contribution is -2.29. The molecule has 1 rings (SSSR count). The van der Waals surface area contributed by atoms with Crippen molar-refractivity contribution in [3.05, 3.63) is 28.8 Å². The van der Waals surface area contributed by atoms with Crippen LogP contribution in [0.3, 0.4) is 0 Å². The van der Waals surface area contributed by atoms with E-state index in [9.17, 15) is 9.59 Å². The van der Waals surface area contributed by atoms with Gasteiger partial charge in [0.1, 0.15) is 5.75 Å². The van der Waals surface area contributed by atoms with Gasteiger partial charge in [0.15, 0.2) is 0 Å². The number of hydrogen-bond acceptors (Lipinski definition) is 4. The van der Waals surface area contributed by atoms with E-state index in [0.29, 0.717) is 22.9 Å². The van der Waals surface area contributed by atoms with Gasteiger partial charge in [-0.1, -0.05) is 11.6 Å². The minimum Gasteiger partial charge on any atom is -0.496 e. The SMILES string of the molecule is CCOC(=O)CCN(C)C(=O)c1ccc(Cl)cc1OC. The fourth-order valence-electron chi connectivity index (χ4n) is 1.64. The highest BCUT2D eigenvalue weighted by molar-refractivity contribution is 6.30. The van der Waals surface area contributed by atoms with Crippen molar-refractivity contribution in [3.63, 3.8) is 0 Å². The summed E-state index contributed by atoms with van der Waals surface area (Å²) in [7, 11) is 3.09. The van der Waals surface area contributed by atoms with Gasteiger partial charge in [-0.25, -0.2) is 0 Å². The summed E-state index contributed by atoms with van der Waals surface area (Å²) in [6, 6.07) is 4.80. The zero-order valence-electron chi connectivity index (χ0n) is 11.8. The van der Waals surface area contributed by atoms with Crippen LogP contribution in [-0.2, 0) is 9.53 Å². The van der Waals surface area contributed by atoms with Crippen molar-refractivity contribution in [2.45, 2.75) is 13.3 Å². The first-order valence-corrected chi connectivity index (χ1v) is 6.62. The molecule has 0 fully saturated rings. The van der Waals surface area contributed by atoms with Crippen LogP contribution in [0, 0.1) is 0 Å². The van der Waals surface area contributed by atoms with Crippen molar-refractivity contribution in [2.24, 2.45) is 0 Å². The molecule has 5 nitrogen and oxygen atoms in total. The first-order valence-electron chi connectivity index (χ1n) is 6.24. The summed E-state index contributed by atoms with van der Waals surface area (Å²) in [4.78, 5) is 25.0. The molecule has 0 aromatic heterocycles. The Labute approximate surface area is 123 Å². The van der Waals surface area contributed by atoms with E-state index in [2.05, 4.69) is 0 Å². The van der Waals surface area contributed by atoms with Crippen molar-refractivity contribution in [2.75, 3.05) is 27.3 Å². The summed E-state index contributed by atoms with van der Waals surface area (Å²) in [5.41, 5.74) is 0.406. The third-order valence-corrected chi connectivity index (χ3v) is 2.93. The van der Waals surface area contributed by atoms with Crippen LogP contribution in [0.25, 0.3) is 0 Å². The molecule has 20 heavy (non-hydrogen) atoms. The van der Waals surface area contributed by atoms with Gasteiger partial charge in [0.05, 0.1) is 25.7 Å². The van der Waals surface area contributed by atoms with Crippen LogP contribution >= 0.6 is 11.6 Å². The van der Waals surface area contributed by atoms with E-state index in [1.54, 1.807) is 32.2 Å². The number of amides is 1. The summed E-state index contributed by atoms with van der Waals surface area (Å²) in [5.74, 6) is -0.150. The summed E-state index contributed by atoms with van der Waals surface area (Å²) in [5, 5.41) is 0.493. The van der Waals surface area contributed by atoms with E-state index in [4.69, 9.17) is 21.1 Å². The van der Waals surface area contributed by atoms with Gasteiger partial charge in [0, 0.05) is 18.6 Å². The number of rotatable bonds is 6. The molecule has 0 saturated carbocycles. The predicted molar refractivity (Wildman–Crippen MR) is 76.2 cm³/mol. The second-order valence-electron chi connectivity index (χ2n) is 4.13. The summed E-state index contributed by atoms with van der Waals surface area (Å²) < 4.78 is 9.96. The lowest BCUT2D eigenvalue weighted by atomic mass is 10.1. The molecule has 1 amide bonds. The van der Waals surface area contributed by atoms with Crippen molar-refractivity contribution in [1.29, 1.82) is 0 Å². The maximum Gasteiger partial charge on any atom is 0.307 e. The molecule has 0 unspecified atom stereocenters. The van der Waals surface area contributed by atoms with Crippen LogP contribution in [0.2, 0.25) is 5.02 Å². The zero-order chi connectivity index (χ0) is 15.1. The van der Waals surface area contributed by atoms with Crippen molar-refractivity contribution >= 4 is 23.5 Å². The number of nitrogens with zero attached hydrogens (tertiary/aromatic N) is 1. The lowest BCUT2D eigenvalue weighted by molar-refractivity contribution is -0.143. The van der Waals surface area contributed by atoms with Gasteiger partial charge >= 0.3 is 5.97 Å². The minimum absolute atomic E-state index is 0.159. The normalized spacial score (nSPS) is 10.0. The largest absolute Gasteiger partial charge is 0.496 e. The standard InChI is InChI=1S/C14H18ClNO4/c1-4-20-13(17)7-8-16(2)14(18)11-6-5-10(15)9-12(11)19-3/h5-6,9H,4,7-8H2,1-3H3. The third-order valence-electron chi connectivity index (χ3n) is 2.70. The Hall–Kier alpha value is -1.75. The number of carbonyl (C=O) groups is 2. The molecule has 0 radical (unpaired) electrons. The Kier molecular flexibility index (Phi) is 6.31. The highest BCUT2D eigenvalue weighted by atomic mass is 35.5. The monoisotopic (exact) mass is 299 g/mol. The first-order chi connectivity index (χ1) is 9.49. The van der Waals surface area contributed by atoms with Gasteiger partial charge in [-0.15, -0.1) is 0 Å². The summed E-state index contributed by atoms with van der Waals surface area (Å²) in [6.07, 6.45) is 0.159. The van der Waals surface area contributed by atoms with Crippen molar-refractivity contribution in [3.8, 4) is 5.75 Å². The molecule has 6 heteroatoms. The number of methoxy groups -OCH3 is 1. The van der Waals surface area contributed by atoms with E-state index >= 15 is 0 Å². The number of ether oxygens (including phenoxy) is 2. The second kappa shape index (κ2) is 7.75. The van der Waals surface area contributed by atoms with Crippen LogP contribution in [0.1, 0.15) is 23.7 Å². The van der Waals surface area contributed by atoms with E-state index in [1.165, 1.54) is 12.0 Å². The van der Waals surface area contributed by atoms with Crippen LogP contribution < -0.4 is 4.74 Å². The molecule has 0 N–H and O–H groups in total. The van der Waals surface area contributed by atoms with Crippen LogP contribution in [0.4, 0.5) is 0 Å². The highest BCUT2D eigenvalue weighted by Crippen LogP contribution is 2.24.